The summed E-state index contributed by atoms with van der Waals surface area (Å²) in [6, 6.07) is -0.536. The lowest BCUT2D eigenvalue weighted by Crippen LogP contribution is -2.45. The summed E-state index contributed by atoms with van der Waals surface area (Å²) in [5.41, 5.74) is 0. The third-order valence-corrected chi connectivity index (χ3v) is 16.8. The number of allylic oxidation sites excluding steroid dienone is 2. The number of esters is 1. The van der Waals surface area contributed by atoms with Crippen LogP contribution in [0.3, 0.4) is 0 Å². The van der Waals surface area contributed by atoms with E-state index >= 15 is 0 Å². The van der Waals surface area contributed by atoms with Crippen molar-refractivity contribution in [3.8, 4) is 0 Å². The van der Waals surface area contributed by atoms with Gasteiger partial charge in [-0.3, -0.25) is 9.59 Å². The van der Waals surface area contributed by atoms with E-state index in [1.165, 1.54) is 334 Å². The molecule has 6 heteroatoms. The van der Waals surface area contributed by atoms with Crippen molar-refractivity contribution in [1.29, 1.82) is 0 Å². The second-order valence-corrected chi connectivity index (χ2v) is 24.6. The molecule has 6 nitrogen and oxygen atoms in total. The number of carbonyl (C=O) groups excluding carboxylic acids is 2. The number of nitrogens with one attached hydrogen (secondary N) is 1. The minimum atomic E-state index is -0.659. The molecule has 3 N–H and O–H groups in total. The highest BCUT2D eigenvalue weighted by Crippen LogP contribution is 2.19. The largest absolute Gasteiger partial charge is 0.466 e. The summed E-state index contributed by atoms with van der Waals surface area (Å²) < 4.78 is 5.50. The molecule has 458 valence electrons. The predicted molar refractivity (Wildman–Crippen MR) is 338 cm³/mol. The Morgan fingerprint density at radius 2 is 0.610 bits per heavy atom. The van der Waals surface area contributed by atoms with Gasteiger partial charge in [0.1, 0.15) is 0 Å². The third kappa shape index (κ3) is 63.6. The number of ether oxygens (including phenoxy) is 1. The first-order valence-electron chi connectivity index (χ1n) is 35.4. The summed E-state index contributed by atoms with van der Waals surface area (Å²) in [5.74, 6) is -0.00698. The van der Waals surface area contributed by atoms with Crippen molar-refractivity contribution < 1.29 is 24.5 Å². The Morgan fingerprint density at radius 3 is 0.922 bits per heavy atom. The van der Waals surface area contributed by atoms with E-state index < -0.39 is 12.1 Å². The van der Waals surface area contributed by atoms with E-state index in [-0.39, 0.29) is 18.5 Å². The minimum Gasteiger partial charge on any atom is -0.466 e. The maximum absolute atomic E-state index is 12.4. The summed E-state index contributed by atoms with van der Waals surface area (Å²) in [6.45, 7) is 4.98. The van der Waals surface area contributed by atoms with Crippen LogP contribution in [0.1, 0.15) is 406 Å². The predicted octanol–water partition coefficient (Wildman–Crippen LogP) is 22.8. The lowest BCUT2D eigenvalue weighted by molar-refractivity contribution is -0.143. The highest BCUT2D eigenvalue weighted by molar-refractivity contribution is 5.76. The fourth-order valence-electron chi connectivity index (χ4n) is 11.4. The average molecular weight is 1090 g/mol. The van der Waals surface area contributed by atoms with Gasteiger partial charge >= 0.3 is 5.97 Å². The zero-order valence-electron chi connectivity index (χ0n) is 52.5. The summed E-state index contributed by atoms with van der Waals surface area (Å²) in [6.07, 6.45) is 82.9. The first kappa shape index (κ1) is 75.6. The SMILES string of the molecule is CCCCCCCCCCCCCCCCCC(=O)OCCCCCCCCCCCCCCCC/C=C\CCCCCCCCCCCCCCCCCCCC(=O)NC(CO)C(O)CCCCCCCCCCCC. The molecule has 0 bridgehead atoms. The first-order valence-corrected chi connectivity index (χ1v) is 35.4. The monoisotopic (exact) mass is 1090 g/mol. The van der Waals surface area contributed by atoms with E-state index in [0.29, 0.717) is 25.9 Å². The maximum atomic E-state index is 12.4. The van der Waals surface area contributed by atoms with E-state index in [4.69, 9.17) is 4.74 Å². The van der Waals surface area contributed by atoms with Gasteiger partial charge in [0.2, 0.25) is 5.91 Å². The Labute approximate surface area is 482 Å². The highest BCUT2D eigenvalue weighted by Gasteiger charge is 2.20. The van der Waals surface area contributed by atoms with Gasteiger partial charge in [-0.25, -0.2) is 0 Å². The van der Waals surface area contributed by atoms with Gasteiger partial charge < -0.3 is 20.3 Å². The van der Waals surface area contributed by atoms with Gasteiger partial charge in [0.25, 0.3) is 0 Å². The molecule has 2 atom stereocenters. The van der Waals surface area contributed by atoms with Crippen molar-refractivity contribution in [3.05, 3.63) is 12.2 Å². The minimum absolute atomic E-state index is 0.0239. The molecule has 0 rings (SSSR count). The van der Waals surface area contributed by atoms with Crippen LogP contribution in [-0.4, -0.2) is 47.4 Å². The van der Waals surface area contributed by atoms with E-state index in [0.717, 1.165) is 38.5 Å². The molecular weight excluding hydrogens is 947 g/mol. The zero-order chi connectivity index (χ0) is 55.7. The van der Waals surface area contributed by atoms with E-state index in [1.807, 2.05) is 0 Å². The van der Waals surface area contributed by atoms with Crippen LogP contribution in [0.2, 0.25) is 0 Å². The molecule has 0 aliphatic carbocycles. The number of carbonyl (C=O) groups is 2. The molecule has 1 amide bonds. The summed E-state index contributed by atoms with van der Waals surface area (Å²) >= 11 is 0. The molecule has 0 aromatic carbocycles. The summed E-state index contributed by atoms with van der Waals surface area (Å²) in [7, 11) is 0. The smallest absolute Gasteiger partial charge is 0.305 e. The summed E-state index contributed by atoms with van der Waals surface area (Å²) in [5, 5.41) is 23.2. The normalized spacial score (nSPS) is 12.5. The molecule has 0 fully saturated rings. The number of unbranched alkanes of at least 4 members (excludes halogenated alkanes) is 54. The van der Waals surface area contributed by atoms with Crippen molar-refractivity contribution in [3.63, 3.8) is 0 Å². The number of amides is 1. The van der Waals surface area contributed by atoms with Crippen LogP contribution >= 0.6 is 0 Å². The van der Waals surface area contributed by atoms with Crippen molar-refractivity contribution in [2.45, 2.75) is 418 Å². The summed E-state index contributed by atoms with van der Waals surface area (Å²) in [4.78, 5) is 24.5. The molecule has 2 unspecified atom stereocenters. The number of rotatable bonds is 67. The van der Waals surface area contributed by atoms with Crippen LogP contribution < -0.4 is 5.32 Å². The second-order valence-electron chi connectivity index (χ2n) is 24.6. The third-order valence-electron chi connectivity index (χ3n) is 16.8. The van der Waals surface area contributed by atoms with Crippen LogP contribution in [0.4, 0.5) is 0 Å². The number of aliphatic hydroxyl groups is 2. The molecule has 0 saturated carbocycles. The Bertz CT molecular complexity index is 1160. The number of aliphatic hydroxyl groups excluding tert-OH is 2. The van der Waals surface area contributed by atoms with Crippen molar-refractivity contribution in [1.82, 2.24) is 5.32 Å². The van der Waals surface area contributed by atoms with Crippen LogP contribution in [-0.2, 0) is 14.3 Å². The lowest BCUT2D eigenvalue weighted by Gasteiger charge is -2.22. The number of hydrogen-bond donors (Lipinski definition) is 3. The Kier molecular flexibility index (Phi) is 65.9. The molecule has 0 aromatic rings. The van der Waals surface area contributed by atoms with E-state index in [1.54, 1.807) is 0 Å². The van der Waals surface area contributed by atoms with Crippen molar-refractivity contribution in [2.24, 2.45) is 0 Å². The highest BCUT2D eigenvalue weighted by atomic mass is 16.5. The van der Waals surface area contributed by atoms with Gasteiger partial charge in [0.15, 0.2) is 0 Å². The van der Waals surface area contributed by atoms with Gasteiger partial charge in [0, 0.05) is 12.8 Å². The Hall–Kier alpha value is -1.40. The zero-order valence-corrected chi connectivity index (χ0v) is 52.5. The molecule has 0 radical (unpaired) electrons. The molecule has 0 saturated heterocycles. The molecule has 77 heavy (non-hydrogen) atoms. The average Bonchev–Trinajstić information content (AvgIpc) is 3.43. The second kappa shape index (κ2) is 67.1. The van der Waals surface area contributed by atoms with Gasteiger partial charge in [0.05, 0.1) is 25.4 Å². The quantitative estimate of drug-likeness (QED) is 0.0320. The molecule has 0 aliphatic heterocycles. The van der Waals surface area contributed by atoms with Crippen molar-refractivity contribution >= 4 is 11.9 Å². The molecule has 0 spiro atoms. The van der Waals surface area contributed by atoms with Gasteiger partial charge in [-0.05, 0) is 51.4 Å². The van der Waals surface area contributed by atoms with Crippen molar-refractivity contribution in [2.75, 3.05) is 13.2 Å². The molecule has 0 aliphatic rings. The molecule has 0 aromatic heterocycles. The fourth-order valence-corrected chi connectivity index (χ4v) is 11.4. The van der Waals surface area contributed by atoms with Crippen LogP contribution in [0.25, 0.3) is 0 Å². The van der Waals surface area contributed by atoms with Gasteiger partial charge in [-0.2, -0.15) is 0 Å². The van der Waals surface area contributed by atoms with Gasteiger partial charge in [-0.1, -0.05) is 353 Å². The van der Waals surface area contributed by atoms with Crippen LogP contribution in [0, 0.1) is 0 Å². The fraction of sp³-hybridized carbons (Fsp3) is 0.944. The van der Waals surface area contributed by atoms with E-state index in [2.05, 4.69) is 31.3 Å². The lowest BCUT2D eigenvalue weighted by atomic mass is 10.0. The molecular formula is C71H139NO5. The topological polar surface area (TPSA) is 95.9 Å². The number of hydrogen-bond acceptors (Lipinski definition) is 5. The van der Waals surface area contributed by atoms with Crippen LogP contribution in [0.5, 0.6) is 0 Å². The molecule has 0 heterocycles. The van der Waals surface area contributed by atoms with Gasteiger partial charge in [-0.15, -0.1) is 0 Å². The standard InChI is InChI=1S/C71H139NO5/c1-3-5-7-9-11-13-15-16-38-42-45-49-53-57-61-65-71(76)77-66-62-58-54-50-46-43-40-37-35-33-31-29-27-25-23-21-19-17-18-20-22-24-26-28-30-32-34-36-39-41-44-48-52-56-60-64-70(75)72-68(67-73)69(74)63-59-55-51-47-14-12-10-8-6-4-2/h19,21,68-69,73-74H,3-18,20,22-67H2,1-2H3,(H,72,75)/b21-19-. The maximum Gasteiger partial charge on any atom is 0.305 e. The Morgan fingerprint density at radius 1 is 0.351 bits per heavy atom. The van der Waals surface area contributed by atoms with Crippen LogP contribution in [0.15, 0.2) is 12.2 Å². The van der Waals surface area contributed by atoms with E-state index in [9.17, 15) is 19.8 Å². The Balaban J connectivity index is 3.30. The first-order chi connectivity index (χ1) is 38.0.